The second-order valence-electron chi connectivity index (χ2n) is 5.87. The minimum absolute atomic E-state index is 0.0174. The van der Waals surface area contributed by atoms with Gasteiger partial charge in [0.1, 0.15) is 6.54 Å². The highest BCUT2D eigenvalue weighted by Crippen LogP contribution is 2.22. The Morgan fingerprint density at radius 1 is 1.00 bits per heavy atom. The van der Waals surface area contributed by atoms with E-state index < -0.39 is 5.97 Å². The van der Waals surface area contributed by atoms with Gasteiger partial charge in [-0.3, -0.25) is 19.2 Å². The minimum atomic E-state index is -1.03. The number of amides is 1. The maximum Gasteiger partial charge on any atom is 0.322 e. The summed E-state index contributed by atoms with van der Waals surface area (Å²) in [5.74, 6) is -1.57. The Hall–Kier alpha value is -2.93. The highest BCUT2D eigenvalue weighted by molar-refractivity contribution is 8.13. The quantitative estimate of drug-likeness (QED) is 0.722. The van der Waals surface area contributed by atoms with Crippen molar-refractivity contribution in [3.05, 3.63) is 71.3 Å². The molecule has 0 radical (unpaired) electrons. The fourth-order valence-electron chi connectivity index (χ4n) is 2.22. The molecule has 7 heteroatoms. The number of thioether (sulfide) groups is 1. The summed E-state index contributed by atoms with van der Waals surface area (Å²) in [5.41, 5.74) is 2.16. The molecule has 0 aliphatic rings. The van der Waals surface area contributed by atoms with E-state index in [0.717, 1.165) is 5.56 Å². The SMILES string of the molecule is CC(=O)NCC(=O)O.CSC(=O)C(C)c1cccc(C(=O)c2ccccc2)c1. The van der Waals surface area contributed by atoms with Crippen LogP contribution < -0.4 is 5.32 Å². The van der Waals surface area contributed by atoms with Gasteiger partial charge >= 0.3 is 5.97 Å². The third kappa shape index (κ3) is 7.75. The molecule has 6 nitrogen and oxygen atoms in total. The molecule has 0 aromatic heterocycles. The zero-order valence-corrected chi connectivity index (χ0v) is 16.8. The van der Waals surface area contributed by atoms with Crippen LogP contribution in [0.3, 0.4) is 0 Å². The third-order valence-electron chi connectivity index (χ3n) is 3.73. The van der Waals surface area contributed by atoms with Gasteiger partial charge in [0.25, 0.3) is 0 Å². The number of carbonyl (C=O) groups excluding carboxylic acids is 3. The van der Waals surface area contributed by atoms with E-state index in [2.05, 4.69) is 5.32 Å². The Bertz CT molecular complexity index is 822. The highest BCUT2D eigenvalue weighted by atomic mass is 32.2. The van der Waals surface area contributed by atoms with Gasteiger partial charge < -0.3 is 10.4 Å². The van der Waals surface area contributed by atoms with Crippen molar-refractivity contribution in [1.82, 2.24) is 5.32 Å². The smallest absolute Gasteiger partial charge is 0.322 e. The molecule has 1 amide bonds. The zero-order valence-electron chi connectivity index (χ0n) is 16.0. The number of aliphatic carboxylic acids is 1. The first-order valence-corrected chi connectivity index (χ1v) is 9.72. The molecule has 0 bridgehead atoms. The van der Waals surface area contributed by atoms with Crippen LogP contribution in [-0.2, 0) is 14.4 Å². The summed E-state index contributed by atoms with van der Waals surface area (Å²) in [7, 11) is 0. The number of hydrogen-bond acceptors (Lipinski definition) is 5. The Morgan fingerprint density at radius 3 is 2.11 bits per heavy atom. The average Bonchev–Trinajstić information content (AvgIpc) is 2.71. The van der Waals surface area contributed by atoms with Crippen molar-refractivity contribution in [2.75, 3.05) is 12.8 Å². The monoisotopic (exact) mass is 401 g/mol. The number of benzene rings is 2. The number of hydrogen-bond donors (Lipinski definition) is 2. The van der Waals surface area contributed by atoms with Crippen molar-refractivity contribution in [1.29, 1.82) is 0 Å². The summed E-state index contributed by atoms with van der Waals surface area (Å²) < 4.78 is 0. The lowest BCUT2D eigenvalue weighted by Crippen LogP contribution is -2.26. The van der Waals surface area contributed by atoms with E-state index in [1.165, 1.54) is 18.7 Å². The van der Waals surface area contributed by atoms with Crippen LogP contribution in [0, 0.1) is 0 Å². The van der Waals surface area contributed by atoms with E-state index in [1.807, 2.05) is 43.3 Å². The molecule has 148 valence electrons. The van der Waals surface area contributed by atoms with Gasteiger partial charge in [-0.05, 0) is 17.9 Å². The average molecular weight is 401 g/mol. The number of carbonyl (C=O) groups is 4. The normalized spacial score (nSPS) is 10.8. The summed E-state index contributed by atoms with van der Waals surface area (Å²) >= 11 is 1.21. The van der Waals surface area contributed by atoms with E-state index in [4.69, 9.17) is 5.11 Å². The van der Waals surface area contributed by atoms with Gasteiger partial charge in [0.05, 0.1) is 5.92 Å². The van der Waals surface area contributed by atoms with Crippen LogP contribution in [0.5, 0.6) is 0 Å². The first-order valence-electron chi connectivity index (χ1n) is 8.50. The third-order valence-corrected chi connectivity index (χ3v) is 4.48. The van der Waals surface area contributed by atoms with Crippen LogP contribution in [0.25, 0.3) is 0 Å². The Labute approximate surface area is 168 Å². The first kappa shape index (κ1) is 23.1. The molecule has 1 unspecified atom stereocenters. The Morgan fingerprint density at radius 2 is 1.61 bits per heavy atom. The van der Waals surface area contributed by atoms with Gasteiger partial charge in [0.2, 0.25) is 5.91 Å². The van der Waals surface area contributed by atoms with Crippen LogP contribution in [-0.4, -0.2) is 40.7 Å². The fourth-order valence-corrected chi connectivity index (χ4v) is 2.71. The molecule has 0 aliphatic carbocycles. The molecule has 2 rings (SSSR count). The number of carboxylic acids is 1. The summed E-state index contributed by atoms with van der Waals surface area (Å²) in [6.45, 7) is 2.84. The highest BCUT2D eigenvalue weighted by Gasteiger charge is 2.16. The summed E-state index contributed by atoms with van der Waals surface area (Å²) in [6.07, 6.45) is 1.78. The van der Waals surface area contributed by atoms with Crippen molar-refractivity contribution < 1.29 is 24.3 Å². The Kier molecular flexibility index (Phi) is 9.67. The summed E-state index contributed by atoms with van der Waals surface area (Å²) in [4.78, 5) is 43.8. The predicted octanol–water partition coefficient (Wildman–Crippen LogP) is 3.12. The Balaban J connectivity index is 0.000000416. The van der Waals surface area contributed by atoms with Gasteiger partial charge in [-0.25, -0.2) is 0 Å². The number of carboxylic acid groups (broad SMARTS) is 1. The molecular formula is C21H23NO5S. The van der Waals surface area contributed by atoms with E-state index in [-0.39, 0.29) is 29.3 Å². The molecule has 0 heterocycles. The standard InChI is InChI=1S/C17H16O2S.C4H7NO3/c1-12(17(19)20-2)14-9-6-10-15(11-14)16(18)13-7-4-3-5-8-13;1-3(6)5-2-4(7)8/h3-12H,1-2H3;2H2,1H3,(H,5,6)(H,7,8). The molecular weight excluding hydrogens is 378 g/mol. The van der Waals surface area contributed by atoms with E-state index in [0.29, 0.717) is 11.1 Å². The molecule has 0 aliphatic heterocycles. The predicted molar refractivity (Wildman–Crippen MR) is 110 cm³/mol. The van der Waals surface area contributed by atoms with Crippen molar-refractivity contribution in [2.45, 2.75) is 19.8 Å². The molecule has 2 N–H and O–H groups in total. The molecule has 2 aromatic rings. The van der Waals surface area contributed by atoms with Crippen molar-refractivity contribution in [3.8, 4) is 0 Å². The zero-order chi connectivity index (χ0) is 21.1. The molecule has 0 fully saturated rings. The molecule has 28 heavy (non-hydrogen) atoms. The van der Waals surface area contributed by atoms with E-state index in [1.54, 1.807) is 24.5 Å². The number of nitrogens with one attached hydrogen (secondary N) is 1. The van der Waals surface area contributed by atoms with E-state index >= 15 is 0 Å². The van der Waals surface area contributed by atoms with Crippen LogP contribution in [0.1, 0.15) is 41.3 Å². The van der Waals surface area contributed by atoms with Crippen LogP contribution in [0.15, 0.2) is 54.6 Å². The molecule has 1 atom stereocenters. The largest absolute Gasteiger partial charge is 0.480 e. The molecule has 2 aromatic carbocycles. The van der Waals surface area contributed by atoms with Gasteiger partial charge in [-0.15, -0.1) is 0 Å². The van der Waals surface area contributed by atoms with Gasteiger partial charge in [-0.2, -0.15) is 0 Å². The minimum Gasteiger partial charge on any atom is -0.480 e. The van der Waals surface area contributed by atoms with E-state index in [9.17, 15) is 19.2 Å². The fraction of sp³-hybridized carbons (Fsp3) is 0.238. The van der Waals surface area contributed by atoms with Crippen molar-refractivity contribution in [2.24, 2.45) is 0 Å². The van der Waals surface area contributed by atoms with Crippen LogP contribution in [0.2, 0.25) is 0 Å². The van der Waals surface area contributed by atoms with Crippen molar-refractivity contribution >= 4 is 34.5 Å². The molecule has 0 saturated heterocycles. The first-order chi connectivity index (χ1) is 13.3. The second kappa shape index (κ2) is 11.7. The topological polar surface area (TPSA) is 101 Å². The number of ketones is 1. The molecule has 0 spiro atoms. The van der Waals surface area contributed by atoms with Gasteiger partial charge in [0.15, 0.2) is 10.9 Å². The summed E-state index contributed by atoms with van der Waals surface area (Å²) in [6, 6.07) is 16.5. The number of rotatable bonds is 6. The maximum atomic E-state index is 12.4. The summed E-state index contributed by atoms with van der Waals surface area (Å²) in [5, 5.41) is 10.2. The maximum absolute atomic E-state index is 12.4. The molecule has 0 saturated carbocycles. The van der Waals surface area contributed by atoms with Gasteiger partial charge in [-0.1, -0.05) is 67.2 Å². The van der Waals surface area contributed by atoms with Crippen LogP contribution in [0.4, 0.5) is 0 Å². The second-order valence-corrected chi connectivity index (χ2v) is 6.68. The lowest BCUT2D eigenvalue weighted by atomic mass is 9.96. The van der Waals surface area contributed by atoms with Crippen molar-refractivity contribution in [3.63, 3.8) is 0 Å². The lowest BCUT2D eigenvalue weighted by molar-refractivity contribution is -0.137. The van der Waals surface area contributed by atoms with Gasteiger partial charge in [0, 0.05) is 18.1 Å². The van der Waals surface area contributed by atoms with Crippen LogP contribution >= 0.6 is 11.8 Å². The lowest BCUT2D eigenvalue weighted by Gasteiger charge is -2.10.